The van der Waals surface area contributed by atoms with Crippen LogP contribution in [0.15, 0.2) is 42.5 Å². The lowest BCUT2D eigenvalue weighted by Crippen LogP contribution is -1.97. The normalized spacial score (nSPS) is 11.0. The third-order valence-corrected chi connectivity index (χ3v) is 3.24. The Morgan fingerprint density at radius 2 is 1.95 bits per heavy atom. The van der Waals surface area contributed by atoms with Gasteiger partial charge in [0.1, 0.15) is 11.6 Å². The van der Waals surface area contributed by atoms with E-state index in [4.69, 9.17) is 5.73 Å². The number of phenolic OH excluding ortho intramolecular Hbond substituents is 1. The van der Waals surface area contributed by atoms with Crippen molar-refractivity contribution in [2.75, 3.05) is 5.73 Å². The molecule has 3 N–H and O–H groups in total. The van der Waals surface area contributed by atoms with Crippen molar-refractivity contribution in [1.29, 1.82) is 0 Å². The van der Waals surface area contributed by atoms with Crippen LogP contribution < -0.4 is 5.73 Å². The van der Waals surface area contributed by atoms with Crippen LogP contribution in [0.25, 0.3) is 22.4 Å². The highest BCUT2D eigenvalue weighted by atomic mass is 16.3. The zero-order chi connectivity index (χ0) is 13.4. The number of imidazole rings is 1. The van der Waals surface area contributed by atoms with Crippen molar-refractivity contribution < 1.29 is 5.11 Å². The number of aromatic nitrogens is 2. The molecule has 0 radical (unpaired) electrons. The Bertz CT molecular complexity index is 732. The van der Waals surface area contributed by atoms with Crippen LogP contribution in [0, 0.1) is 0 Å². The van der Waals surface area contributed by atoms with Crippen LogP contribution in [-0.2, 0) is 6.54 Å². The first-order valence-electron chi connectivity index (χ1n) is 6.25. The van der Waals surface area contributed by atoms with Crippen LogP contribution in [0.5, 0.6) is 5.75 Å². The van der Waals surface area contributed by atoms with Gasteiger partial charge in [-0.05, 0) is 13.0 Å². The molecule has 2 aromatic carbocycles. The van der Waals surface area contributed by atoms with E-state index in [-0.39, 0.29) is 5.75 Å². The van der Waals surface area contributed by atoms with Crippen LogP contribution in [-0.4, -0.2) is 14.7 Å². The van der Waals surface area contributed by atoms with Gasteiger partial charge >= 0.3 is 0 Å². The van der Waals surface area contributed by atoms with E-state index >= 15 is 0 Å². The number of fused-ring (bicyclic) bond motifs is 1. The lowest BCUT2D eigenvalue weighted by Gasteiger charge is -2.06. The first-order valence-corrected chi connectivity index (χ1v) is 6.25. The van der Waals surface area contributed by atoms with Crippen LogP contribution in [0.2, 0.25) is 0 Å². The summed E-state index contributed by atoms with van der Waals surface area (Å²) in [4.78, 5) is 4.60. The number of nitrogens with zero attached hydrogens (tertiary/aromatic N) is 2. The Balaban J connectivity index is 2.31. The lowest BCUT2D eigenvalue weighted by atomic mass is 10.2. The molecule has 96 valence electrons. The van der Waals surface area contributed by atoms with Crippen LogP contribution in [0.1, 0.15) is 6.92 Å². The van der Waals surface area contributed by atoms with E-state index in [1.807, 2.05) is 30.3 Å². The van der Waals surface area contributed by atoms with Crippen molar-refractivity contribution in [1.82, 2.24) is 9.55 Å². The smallest absolute Gasteiger partial charge is 0.141 e. The molecule has 0 aliphatic carbocycles. The Labute approximate surface area is 111 Å². The molecular formula is C15H15N3O. The third-order valence-electron chi connectivity index (χ3n) is 3.24. The molecule has 0 fully saturated rings. The number of anilines is 1. The van der Waals surface area contributed by atoms with Gasteiger partial charge in [-0.1, -0.05) is 30.3 Å². The summed E-state index contributed by atoms with van der Waals surface area (Å²) in [6.07, 6.45) is 0. The fraction of sp³-hybridized carbons (Fsp3) is 0.133. The number of hydrogen-bond donors (Lipinski definition) is 2. The first kappa shape index (κ1) is 11.6. The maximum absolute atomic E-state index is 9.69. The number of nitrogens with two attached hydrogens (primary N) is 1. The highest BCUT2D eigenvalue weighted by Crippen LogP contribution is 2.30. The molecule has 0 aliphatic heterocycles. The second kappa shape index (κ2) is 4.31. The van der Waals surface area contributed by atoms with Crippen molar-refractivity contribution in [3.63, 3.8) is 0 Å². The summed E-state index contributed by atoms with van der Waals surface area (Å²) in [5.74, 6) is 0.968. The van der Waals surface area contributed by atoms with E-state index in [0.29, 0.717) is 5.69 Å². The van der Waals surface area contributed by atoms with Gasteiger partial charge in [0.15, 0.2) is 0 Å². The van der Waals surface area contributed by atoms with Crippen molar-refractivity contribution in [3.8, 4) is 17.1 Å². The van der Waals surface area contributed by atoms with E-state index in [1.54, 1.807) is 12.1 Å². The van der Waals surface area contributed by atoms with E-state index in [0.717, 1.165) is 29.0 Å². The van der Waals surface area contributed by atoms with Crippen molar-refractivity contribution in [2.24, 2.45) is 0 Å². The number of benzene rings is 2. The predicted molar refractivity (Wildman–Crippen MR) is 76.9 cm³/mol. The zero-order valence-corrected chi connectivity index (χ0v) is 10.7. The summed E-state index contributed by atoms with van der Waals surface area (Å²) >= 11 is 0. The second-order valence-electron chi connectivity index (χ2n) is 4.45. The van der Waals surface area contributed by atoms with Gasteiger partial charge in [0.25, 0.3) is 0 Å². The summed E-state index contributed by atoms with van der Waals surface area (Å²) in [7, 11) is 0. The number of aromatic hydroxyl groups is 1. The minimum absolute atomic E-state index is 0.0767. The molecular weight excluding hydrogens is 238 g/mol. The number of nitrogen functional groups attached to an aromatic ring is 1. The molecule has 0 unspecified atom stereocenters. The van der Waals surface area contributed by atoms with E-state index in [9.17, 15) is 5.11 Å². The minimum Gasteiger partial charge on any atom is -0.506 e. The van der Waals surface area contributed by atoms with Gasteiger partial charge in [-0.3, -0.25) is 0 Å². The molecule has 0 aliphatic rings. The molecule has 0 amide bonds. The number of rotatable bonds is 2. The maximum atomic E-state index is 9.69. The molecule has 0 atom stereocenters. The number of aryl methyl sites for hydroxylation is 1. The molecule has 0 saturated carbocycles. The van der Waals surface area contributed by atoms with Gasteiger partial charge in [-0.25, -0.2) is 4.98 Å². The number of hydrogen-bond acceptors (Lipinski definition) is 3. The predicted octanol–water partition coefficient (Wildman–Crippen LogP) is 3.01. The average molecular weight is 253 g/mol. The molecule has 0 bridgehead atoms. The maximum Gasteiger partial charge on any atom is 0.141 e. The Hall–Kier alpha value is -2.49. The fourth-order valence-electron chi connectivity index (χ4n) is 2.30. The van der Waals surface area contributed by atoms with E-state index < -0.39 is 0 Å². The summed E-state index contributed by atoms with van der Waals surface area (Å²) in [6.45, 7) is 2.86. The SMILES string of the molecule is CCn1c(-c2ccccc2)nc2cc(O)c(N)cc21. The van der Waals surface area contributed by atoms with Crippen molar-refractivity contribution >= 4 is 16.7 Å². The van der Waals surface area contributed by atoms with Crippen LogP contribution >= 0.6 is 0 Å². The molecule has 4 nitrogen and oxygen atoms in total. The van der Waals surface area contributed by atoms with E-state index in [2.05, 4.69) is 16.5 Å². The minimum atomic E-state index is 0.0767. The average Bonchev–Trinajstić information content (AvgIpc) is 2.78. The topological polar surface area (TPSA) is 64.1 Å². The molecule has 4 heteroatoms. The third kappa shape index (κ3) is 1.81. The van der Waals surface area contributed by atoms with Crippen molar-refractivity contribution in [2.45, 2.75) is 13.5 Å². The summed E-state index contributed by atoms with van der Waals surface area (Å²) in [6, 6.07) is 13.4. The van der Waals surface area contributed by atoms with Gasteiger partial charge in [-0.2, -0.15) is 0 Å². The Morgan fingerprint density at radius 1 is 1.21 bits per heavy atom. The molecule has 1 heterocycles. The summed E-state index contributed by atoms with van der Waals surface area (Å²) < 4.78 is 2.10. The largest absolute Gasteiger partial charge is 0.506 e. The van der Waals surface area contributed by atoms with Crippen LogP contribution in [0.3, 0.4) is 0 Å². The molecule has 3 aromatic rings. The van der Waals surface area contributed by atoms with Gasteiger partial charge in [0.2, 0.25) is 0 Å². The first-order chi connectivity index (χ1) is 9.20. The monoisotopic (exact) mass is 253 g/mol. The summed E-state index contributed by atoms with van der Waals surface area (Å²) in [5.41, 5.74) is 8.90. The zero-order valence-electron chi connectivity index (χ0n) is 10.7. The van der Waals surface area contributed by atoms with Crippen LogP contribution in [0.4, 0.5) is 5.69 Å². The standard InChI is InChI=1S/C15H15N3O/c1-2-18-13-8-11(16)14(19)9-12(13)17-15(18)10-6-4-3-5-7-10/h3-9,19H,2,16H2,1H3. The molecule has 1 aromatic heterocycles. The lowest BCUT2D eigenvalue weighted by molar-refractivity contribution is 0.478. The fourth-order valence-corrected chi connectivity index (χ4v) is 2.30. The highest BCUT2D eigenvalue weighted by molar-refractivity contribution is 5.86. The number of phenols is 1. The van der Waals surface area contributed by atoms with Gasteiger partial charge in [0, 0.05) is 18.2 Å². The quantitative estimate of drug-likeness (QED) is 0.545. The highest BCUT2D eigenvalue weighted by Gasteiger charge is 2.13. The summed E-state index contributed by atoms with van der Waals surface area (Å²) in [5, 5.41) is 9.69. The second-order valence-corrected chi connectivity index (χ2v) is 4.45. The van der Waals surface area contributed by atoms with Gasteiger partial charge in [0.05, 0.1) is 16.7 Å². The van der Waals surface area contributed by atoms with Crippen molar-refractivity contribution in [3.05, 3.63) is 42.5 Å². The Morgan fingerprint density at radius 3 is 2.63 bits per heavy atom. The van der Waals surface area contributed by atoms with E-state index in [1.165, 1.54) is 0 Å². The van der Waals surface area contributed by atoms with Gasteiger partial charge < -0.3 is 15.4 Å². The Kier molecular flexibility index (Phi) is 2.63. The van der Waals surface area contributed by atoms with Gasteiger partial charge in [-0.15, -0.1) is 0 Å². The molecule has 19 heavy (non-hydrogen) atoms. The molecule has 0 saturated heterocycles. The molecule has 3 rings (SSSR count). The molecule has 0 spiro atoms.